The van der Waals surface area contributed by atoms with Crippen LogP contribution in [0.1, 0.15) is 27.7 Å². The number of carbonyl (C=O) groups excluding carboxylic acids is 1. The normalized spacial score (nSPS) is 15.7. The van der Waals surface area contributed by atoms with E-state index in [-0.39, 0.29) is 11.2 Å². The van der Waals surface area contributed by atoms with Crippen molar-refractivity contribution >= 4 is 49.3 Å². The van der Waals surface area contributed by atoms with Gasteiger partial charge < -0.3 is 9.15 Å². The van der Waals surface area contributed by atoms with Gasteiger partial charge in [-0.2, -0.15) is 0 Å². The molecule has 0 saturated heterocycles. The van der Waals surface area contributed by atoms with Gasteiger partial charge in [0.25, 0.3) is 5.91 Å². The number of ether oxygens (including phenoxy) is 1. The van der Waals surface area contributed by atoms with E-state index in [1.54, 1.807) is 43.0 Å². The van der Waals surface area contributed by atoms with Crippen molar-refractivity contribution in [2.75, 3.05) is 12.0 Å². The van der Waals surface area contributed by atoms with Crippen molar-refractivity contribution in [3.05, 3.63) is 85.6 Å². The minimum atomic E-state index is -0.695. The van der Waals surface area contributed by atoms with Gasteiger partial charge in [0.15, 0.2) is 10.6 Å². The van der Waals surface area contributed by atoms with Gasteiger partial charge in [-0.3, -0.25) is 14.5 Å². The number of carbonyl (C=O) groups is 1. The predicted octanol–water partition coefficient (Wildman–Crippen LogP) is 4.77. The molecule has 0 spiro atoms. The highest BCUT2D eigenvalue weighted by Crippen LogP contribution is 2.44. The highest BCUT2D eigenvalue weighted by atomic mass is 79.9. The lowest BCUT2D eigenvalue weighted by atomic mass is 9.98. The van der Waals surface area contributed by atoms with Crippen LogP contribution in [-0.4, -0.2) is 18.0 Å². The minimum Gasteiger partial charge on any atom is -0.496 e. The average molecular weight is 469 g/mol. The van der Waals surface area contributed by atoms with Gasteiger partial charge in [0.05, 0.1) is 18.1 Å². The van der Waals surface area contributed by atoms with Crippen LogP contribution >= 0.6 is 27.3 Å². The number of hydrogen-bond donors (Lipinski definition) is 0. The second kappa shape index (κ2) is 6.82. The van der Waals surface area contributed by atoms with Crippen LogP contribution in [0.15, 0.2) is 67.7 Å². The third-order valence-corrected chi connectivity index (χ3v) is 6.16. The number of methoxy groups -OCH3 is 1. The average Bonchev–Trinajstić information content (AvgIpc) is 3.35. The molecule has 0 N–H and O–H groups in total. The Morgan fingerprint density at radius 1 is 1.21 bits per heavy atom. The number of thiazole rings is 1. The standard InChI is InChI=1S/C21H13BrN2O4S/c1-27-14-5-3-2-4-12(14)17-16-18(25)13-10-11(22)6-7-15(13)28-19(16)20(26)24(17)21-23-8-9-29-21/h2-10,17H,1H3/t17-/m0/s1. The molecule has 1 atom stereocenters. The number of halogens is 1. The number of amides is 1. The van der Waals surface area contributed by atoms with E-state index < -0.39 is 11.9 Å². The van der Waals surface area contributed by atoms with E-state index in [0.29, 0.717) is 33.0 Å². The maximum absolute atomic E-state index is 13.5. The largest absolute Gasteiger partial charge is 0.496 e. The third-order valence-electron chi connectivity index (χ3n) is 4.89. The lowest BCUT2D eigenvalue weighted by Gasteiger charge is -2.24. The molecule has 2 aromatic carbocycles. The van der Waals surface area contributed by atoms with Gasteiger partial charge in [0, 0.05) is 21.6 Å². The van der Waals surface area contributed by atoms with Crippen molar-refractivity contribution in [2.45, 2.75) is 6.04 Å². The maximum atomic E-state index is 13.5. The van der Waals surface area contributed by atoms with Crippen molar-refractivity contribution in [1.82, 2.24) is 4.98 Å². The van der Waals surface area contributed by atoms with Gasteiger partial charge in [-0.15, -0.1) is 11.3 Å². The van der Waals surface area contributed by atoms with Gasteiger partial charge in [-0.05, 0) is 24.3 Å². The summed E-state index contributed by atoms with van der Waals surface area (Å²) in [4.78, 5) is 32.7. The minimum absolute atomic E-state index is 0.0379. The van der Waals surface area contributed by atoms with Crippen molar-refractivity contribution in [2.24, 2.45) is 0 Å². The summed E-state index contributed by atoms with van der Waals surface area (Å²) in [7, 11) is 1.56. The summed E-state index contributed by atoms with van der Waals surface area (Å²) in [5.41, 5.74) is 1.11. The molecule has 0 fully saturated rings. The van der Waals surface area contributed by atoms with E-state index in [4.69, 9.17) is 9.15 Å². The van der Waals surface area contributed by atoms with E-state index in [0.717, 1.165) is 4.47 Å². The Labute approximate surface area is 177 Å². The Morgan fingerprint density at radius 3 is 2.79 bits per heavy atom. The summed E-state index contributed by atoms with van der Waals surface area (Å²) < 4.78 is 12.2. The number of nitrogens with zero attached hydrogens (tertiary/aromatic N) is 2. The second-order valence-electron chi connectivity index (χ2n) is 6.45. The van der Waals surface area contributed by atoms with Crippen LogP contribution in [0.5, 0.6) is 5.75 Å². The number of aromatic nitrogens is 1. The summed E-state index contributed by atoms with van der Waals surface area (Å²) in [5.74, 6) is 0.220. The number of rotatable bonds is 3. The fourth-order valence-electron chi connectivity index (χ4n) is 3.66. The van der Waals surface area contributed by atoms with Crippen molar-refractivity contribution in [3.8, 4) is 5.75 Å². The van der Waals surface area contributed by atoms with Crippen LogP contribution in [0.25, 0.3) is 11.0 Å². The molecular weight excluding hydrogens is 456 g/mol. The first kappa shape index (κ1) is 18.1. The third kappa shape index (κ3) is 2.71. The zero-order valence-electron chi connectivity index (χ0n) is 15.1. The zero-order valence-corrected chi connectivity index (χ0v) is 17.5. The molecule has 1 aliphatic heterocycles. The van der Waals surface area contributed by atoms with Crippen LogP contribution in [0, 0.1) is 0 Å². The molecule has 0 bridgehead atoms. The molecule has 5 rings (SSSR count). The topological polar surface area (TPSA) is 72.6 Å². The SMILES string of the molecule is COc1ccccc1[C@H]1c2c(oc3ccc(Br)cc3c2=O)C(=O)N1c1nccs1. The Kier molecular flexibility index (Phi) is 4.25. The van der Waals surface area contributed by atoms with E-state index in [1.807, 2.05) is 18.2 Å². The predicted molar refractivity (Wildman–Crippen MR) is 114 cm³/mol. The first-order chi connectivity index (χ1) is 14.1. The fraction of sp³-hybridized carbons (Fsp3) is 0.0952. The highest BCUT2D eigenvalue weighted by Gasteiger charge is 2.45. The number of para-hydroxylation sites is 1. The Bertz CT molecular complexity index is 1320. The molecule has 6 nitrogen and oxygen atoms in total. The lowest BCUT2D eigenvalue weighted by Crippen LogP contribution is -2.29. The summed E-state index contributed by atoms with van der Waals surface area (Å²) in [5, 5.41) is 2.68. The molecule has 1 amide bonds. The lowest BCUT2D eigenvalue weighted by molar-refractivity contribution is 0.0971. The number of benzene rings is 2. The first-order valence-electron chi connectivity index (χ1n) is 8.72. The second-order valence-corrected chi connectivity index (χ2v) is 8.24. The summed E-state index contributed by atoms with van der Waals surface area (Å²) in [6.07, 6.45) is 1.62. The van der Waals surface area contributed by atoms with Crippen LogP contribution in [0.4, 0.5) is 5.13 Å². The van der Waals surface area contributed by atoms with Crippen molar-refractivity contribution in [1.29, 1.82) is 0 Å². The molecule has 29 heavy (non-hydrogen) atoms. The highest BCUT2D eigenvalue weighted by molar-refractivity contribution is 9.10. The van der Waals surface area contributed by atoms with E-state index >= 15 is 0 Å². The summed E-state index contributed by atoms with van der Waals surface area (Å²) in [6, 6.07) is 11.8. The molecule has 4 aromatic rings. The van der Waals surface area contributed by atoms with Gasteiger partial charge in [-0.25, -0.2) is 4.98 Å². The smallest absolute Gasteiger partial charge is 0.297 e. The van der Waals surface area contributed by atoms with Gasteiger partial charge in [0.2, 0.25) is 5.76 Å². The molecular formula is C21H13BrN2O4S. The Balaban J connectivity index is 1.86. The molecule has 8 heteroatoms. The summed E-state index contributed by atoms with van der Waals surface area (Å²) in [6.45, 7) is 0. The van der Waals surface area contributed by atoms with Gasteiger partial charge in [0.1, 0.15) is 17.4 Å². The molecule has 0 radical (unpaired) electrons. The van der Waals surface area contributed by atoms with E-state index in [2.05, 4.69) is 20.9 Å². The number of fused-ring (bicyclic) bond motifs is 2. The Morgan fingerprint density at radius 2 is 2.03 bits per heavy atom. The van der Waals surface area contributed by atoms with E-state index in [9.17, 15) is 9.59 Å². The molecule has 1 aliphatic rings. The number of hydrogen-bond acceptors (Lipinski definition) is 6. The van der Waals surface area contributed by atoms with Crippen LogP contribution in [0.3, 0.4) is 0 Å². The molecule has 2 aromatic heterocycles. The molecule has 3 heterocycles. The molecule has 0 aliphatic carbocycles. The van der Waals surface area contributed by atoms with Crippen molar-refractivity contribution in [3.63, 3.8) is 0 Å². The van der Waals surface area contributed by atoms with Crippen LogP contribution in [0.2, 0.25) is 0 Å². The molecule has 0 unspecified atom stereocenters. The number of anilines is 1. The maximum Gasteiger partial charge on any atom is 0.297 e. The van der Waals surface area contributed by atoms with Crippen molar-refractivity contribution < 1.29 is 13.9 Å². The van der Waals surface area contributed by atoms with E-state index in [1.165, 1.54) is 16.2 Å². The van der Waals surface area contributed by atoms with Gasteiger partial charge >= 0.3 is 0 Å². The molecule has 0 saturated carbocycles. The first-order valence-corrected chi connectivity index (χ1v) is 10.4. The quantitative estimate of drug-likeness (QED) is 0.432. The van der Waals surface area contributed by atoms with Crippen LogP contribution in [-0.2, 0) is 0 Å². The van der Waals surface area contributed by atoms with Gasteiger partial charge in [-0.1, -0.05) is 34.1 Å². The van der Waals surface area contributed by atoms with Crippen LogP contribution < -0.4 is 15.1 Å². The zero-order chi connectivity index (χ0) is 20.1. The fourth-order valence-corrected chi connectivity index (χ4v) is 4.69. The monoisotopic (exact) mass is 468 g/mol. The summed E-state index contributed by atoms with van der Waals surface area (Å²) >= 11 is 4.72. The Hall–Kier alpha value is -2.97. The molecule has 144 valence electrons.